The topological polar surface area (TPSA) is 96.0 Å². The Balaban J connectivity index is 1.82. The number of carbonyl (C=O) groups excluding carboxylic acids is 2. The second-order valence-corrected chi connectivity index (χ2v) is 9.66. The van der Waals surface area contributed by atoms with Crippen molar-refractivity contribution in [1.82, 2.24) is 9.62 Å². The lowest BCUT2D eigenvalue weighted by atomic mass is 10.1. The van der Waals surface area contributed by atoms with Gasteiger partial charge in [-0.05, 0) is 50.4 Å². The zero-order chi connectivity index (χ0) is 26.0. The molecule has 1 aliphatic rings. The first kappa shape index (κ1) is 26.4. The molecule has 190 valence electrons. The number of carbonyl (C=O) groups is 2. The number of ether oxygens (including phenoxy) is 1. The maximum Gasteiger partial charge on any atom is 0.422 e. The van der Waals surface area contributed by atoms with Gasteiger partial charge < -0.3 is 14.5 Å². The van der Waals surface area contributed by atoms with Crippen molar-refractivity contribution in [1.29, 1.82) is 0 Å². The van der Waals surface area contributed by atoms with E-state index in [-0.39, 0.29) is 53.7 Å². The molecule has 2 aromatic carbocycles. The summed E-state index contributed by atoms with van der Waals surface area (Å²) < 4.78 is 83.7. The van der Waals surface area contributed by atoms with Crippen LogP contribution in [0.4, 0.5) is 23.2 Å². The molecule has 1 fully saturated rings. The Morgan fingerprint density at radius 2 is 1.71 bits per heavy atom. The summed E-state index contributed by atoms with van der Waals surface area (Å²) >= 11 is 0. The van der Waals surface area contributed by atoms with Crippen LogP contribution < -0.4 is 14.4 Å². The van der Waals surface area contributed by atoms with Gasteiger partial charge in [-0.2, -0.15) is 13.2 Å². The number of nitrogens with one attached hydrogen (secondary N) is 1. The second-order valence-electron chi connectivity index (χ2n) is 7.77. The molecule has 0 atom stereocenters. The normalized spacial score (nSPS) is 14.7. The van der Waals surface area contributed by atoms with Crippen LogP contribution in [0.3, 0.4) is 0 Å². The summed E-state index contributed by atoms with van der Waals surface area (Å²) in [6, 6.07) is 7.11. The van der Waals surface area contributed by atoms with Crippen LogP contribution in [-0.4, -0.2) is 71.0 Å². The minimum absolute atomic E-state index is 0.0917. The second kappa shape index (κ2) is 10.2. The van der Waals surface area contributed by atoms with Gasteiger partial charge in [0.2, 0.25) is 10.0 Å². The average Bonchev–Trinajstić information content (AvgIpc) is 2.81. The highest BCUT2D eigenvalue weighted by molar-refractivity contribution is 7.89. The molecule has 35 heavy (non-hydrogen) atoms. The molecule has 1 saturated heterocycles. The van der Waals surface area contributed by atoms with Crippen molar-refractivity contribution in [3.8, 4) is 5.75 Å². The van der Waals surface area contributed by atoms with E-state index in [4.69, 9.17) is 4.74 Å². The van der Waals surface area contributed by atoms with Gasteiger partial charge >= 0.3 is 6.18 Å². The minimum Gasteiger partial charge on any atom is -0.483 e. The quantitative estimate of drug-likeness (QED) is 0.448. The molecule has 1 heterocycles. The molecule has 1 N–H and O–H groups in total. The first-order valence-corrected chi connectivity index (χ1v) is 11.9. The molecule has 0 bridgehead atoms. The van der Waals surface area contributed by atoms with E-state index in [9.17, 15) is 35.6 Å². The Labute approximate surface area is 199 Å². The number of amides is 1. The van der Waals surface area contributed by atoms with Gasteiger partial charge in [0, 0.05) is 31.7 Å². The highest BCUT2D eigenvalue weighted by atomic mass is 32.2. The van der Waals surface area contributed by atoms with Gasteiger partial charge in [0.1, 0.15) is 11.6 Å². The molecule has 13 heteroatoms. The number of anilines is 1. The number of hydrogen-bond acceptors (Lipinski definition) is 6. The summed E-state index contributed by atoms with van der Waals surface area (Å²) in [7, 11) is -2.82. The van der Waals surface area contributed by atoms with E-state index in [1.807, 2.05) is 0 Å². The van der Waals surface area contributed by atoms with Gasteiger partial charge in [-0.15, -0.1) is 0 Å². The van der Waals surface area contributed by atoms with Crippen molar-refractivity contribution < 1.29 is 40.3 Å². The van der Waals surface area contributed by atoms with Gasteiger partial charge in [-0.1, -0.05) is 0 Å². The number of rotatable bonds is 7. The fraction of sp³-hybridized carbons (Fsp3) is 0.364. The molecular formula is C22H23F4N3O5S. The van der Waals surface area contributed by atoms with E-state index in [2.05, 4.69) is 4.72 Å². The lowest BCUT2D eigenvalue weighted by Gasteiger charge is -2.36. The number of hydrogen-bond donors (Lipinski definition) is 1. The molecule has 0 radical (unpaired) electrons. The number of Topliss-reactive ketones (excluding diaryl/α,β-unsaturated/α-hetero) is 1. The third kappa shape index (κ3) is 6.28. The van der Waals surface area contributed by atoms with Crippen LogP contribution in [0.15, 0.2) is 41.3 Å². The van der Waals surface area contributed by atoms with E-state index in [0.717, 1.165) is 31.3 Å². The fourth-order valence-electron chi connectivity index (χ4n) is 3.55. The molecule has 0 aromatic heterocycles. The Bertz CT molecular complexity index is 1230. The predicted octanol–water partition coefficient (Wildman–Crippen LogP) is 2.84. The van der Waals surface area contributed by atoms with Gasteiger partial charge in [-0.3, -0.25) is 9.59 Å². The van der Waals surface area contributed by atoms with Crippen molar-refractivity contribution in [2.75, 3.05) is 44.7 Å². The molecule has 1 amide bonds. The molecule has 2 aromatic rings. The van der Waals surface area contributed by atoms with Crippen molar-refractivity contribution in [2.45, 2.75) is 18.0 Å². The Morgan fingerprint density at radius 3 is 2.26 bits per heavy atom. The molecule has 0 saturated carbocycles. The highest BCUT2D eigenvalue weighted by Crippen LogP contribution is 2.28. The van der Waals surface area contributed by atoms with Crippen molar-refractivity contribution in [2.24, 2.45) is 0 Å². The monoisotopic (exact) mass is 517 g/mol. The number of ketones is 1. The maximum atomic E-state index is 14.5. The van der Waals surface area contributed by atoms with Gasteiger partial charge in [0.05, 0.1) is 16.1 Å². The van der Waals surface area contributed by atoms with Crippen LogP contribution in [0.5, 0.6) is 5.75 Å². The zero-order valence-electron chi connectivity index (χ0n) is 18.9. The van der Waals surface area contributed by atoms with Crippen LogP contribution in [0.25, 0.3) is 0 Å². The Hall–Kier alpha value is -3.19. The van der Waals surface area contributed by atoms with E-state index in [1.54, 1.807) is 4.90 Å². The van der Waals surface area contributed by atoms with Gasteiger partial charge in [0.25, 0.3) is 5.91 Å². The first-order valence-electron chi connectivity index (χ1n) is 10.4. The molecule has 0 spiro atoms. The minimum atomic E-state index is -4.66. The number of alkyl halides is 3. The standard InChI is InChI=1S/C22H23F4N3O5S/c1-14(30)15-3-5-19(18(23)11-15)28-7-9-29(10-8-28)21(31)17-12-16(35(32,33)27-2)4-6-20(17)34-13-22(24,25)26/h3-6,11-12,27H,7-10,13H2,1-2H3. The molecular weight excluding hydrogens is 494 g/mol. The predicted molar refractivity (Wildman–Crippen MR) is 119 cm³/mol. The average molecular weight is 518 g/mol. The van der Waals surface area contributed by atoms with Crippen LogP contribution in [0, 0.1) is 5.82 Å². The fourth-order valence-corrected chi connectivity index (χ4v) is 4.31. The third-order valence-electron chi connectivity index (χ3n) is 5.41. The van der Waals surface area contributed by atoms with Crippen molar-refractivity contribution in [3.63, 3.8) is 0 Å². The largest absolute Gasteiger partial charge is 0.483 e. The molecule has 3 rings (SSSR count). The lowest BCUT2D eigenvalue weighted by molar-refractivity contribution is -0.153. The Morgan fingerprint density at radius 1 is 1.06 bits per heavy atom. The van der Waals surface area contributed by atoms with E-state index in [0.29, 0.717) is 0 Å². The summed E-state index contributed by atoms with van der Waals surface area (Å²) in [6.45, 7) is 0.255. The molecule has 8 nitrogen and oxygen atoms in total. The number of sulfonamides is 1. The number of nitrogens with zero attached hydrogens (tertiary/aromatic N) is 2. The van der Waals surface area contributed by atoms with Crippen LogP contribution in [-0.2, 0) is 10.0 Å². The third-order valence-corrected chi connectivity index (χ3v) is 6.83. The highest BCUT2D eigenvalue weighted by Gasteiger charge is 2.31. The van der Waals surface area contributed by atoms with Crippen LogP contribution >= 0.6 is 0 Å². The lowest BCUT2D eigenvalue weighted by Crippen LogP contribution is -2.49. The summed E-state index contributed by atoms with van der Waals surface area (Å²) in [5.41, 5.74) is 0.136. The van der Waals surface area contributed by atoms with Crippen molar-refractivity contribution in [3.05, 3.63) is 53.3 Å². The first-order chi connectivity index (χ1) is 16.3. The summed E-state index contributed by atoms with van der Waals surface area (Å²) in [4.78, 5) is 27.3. The van der Waals surface area contributed by atoms with Gasteiger partial charge in [0.15, 0.2) is 12.4 Å². The van der Waals surface area contributed by atoms with Gasteiger partial charge in [-0.25, -0.2) is 17.5 Å². The SMILES string of the molecule is CNS(=O)(=O)c1ccc(OCC(F)(F)F)c(C(=O)N2CCN(c3ccc(C(C)=O)cc3F)CC2)c1. The molecule has 1 aliphatic heterocycles. The Kier molecular flexibility index (Phi) is 7.70. The molecule has 0 unspecified atom stereocenters. The zero-order valence-corrected chi connectivity index (χ0v) is 19.7. The van der Waals surface area contributed by atoms with E-state index >= 15 is 0 Å². The van der Waals surface area contributed by atoms with Crippen LogP contribution in [0.2, 0.25) is 0 Å². The van der Waals surface area contributed by atoms with E-state index < -0.39 is 40.3 Å². The van der Waals surface area contributed by atoms with Crippen LogP contribution in [0.1, 0.15) is 27.6 Å². The number of piperazine rings is 1. The summed E-state index contributed by atoms with van der Waals surface area (Å²) in [5.74, 6) is -2.00. The summed E-state index contributed by atoms with van der Waals surface area (Å²) in [6.07, 6.45) is -4.66. The molecule has 0 aliphatic carbocycles. The van der Waals surface area contributed by atoms with Crippen molar-refractivity contribution >= 4 is 27.4 Å². The van der Waals surface area contributed by atoms with E-state index in [1.165, 1.54) is 24.0 Å². The maximum absolute atomic E-state index is 14.5. The smallest absolute Gasteiger partial charge is 0.422 e. The number of benzene rings is 2. The number of halogens is 4. The summed E-state index contributed by atoms with van der Waals surface area (Å²) in [5, 5.41) is 0.